The van der Waals surface area contributed by atoms with Crippen molar-refractivity contribution in [3.05, 3.63) is 71.5 Å². The van der Waals surface area contributed by atoms with E-state index in [1.165, 1.54) is 0 Å². The smallest absolute Gasteiger partial charge is 0.254 e. The molecule has 0 aliphatic carbocycles. The Kier molecular flexibility index (Phi) is 5.14. The summed E-state index contributed by atoms with van der Waals surface area (Å²) in [7, 11) is 0. The quantitative estimate of drug-likeness (QED) is 0.358. The Balaban J connectivity index is 1.21. The van der Waals surface area contributed by atoms with Crippen LogP contribution in [0.1, 0.15) is 36.0 Å². The van der Waals surface area contributed by atoms with Crippen molar-refractivity contribution < 1.29 is 4.79 Å². The van der Waals surface area contributed by atoms with E-state index < -0.39 is 0 Å². The first-order valence-corrected chi connectivity index (χ1v) is 12.0. The van der Waals surface area contributed by atoms with E-state index in [4.69, 9.17) is 22.3 Å². The molecule has 172 valence electrons. The molecule has 1 unspecified atom stereocenters. The Hall–Kier alpha value is -3.58. The van der Waals surface area contributed by atoms with Crippen LogP contribution in [0.4, 0.5) is 11.6 Å². The van der Waals surface area contributed by atoms with Gasteiger partial charge in [-0.2, -0.15) is 0 Å². The number of nitrogen functional groups attached to an aromatic ring is 1. The van der Waals surface area contributed by atoms with Gasteiger partial charge in [0.1, 0.15) is 0 Å². The van der Waals surface area contributed by atoms with Crippen LogP contribution in [0.3, 0.4) is 0 Å². The van der Waals surface area contributed by atoms with Gasteiger partial charge in [-0.1, -0.05) is 29.8 Å². The van der Waals surface area contributed by atoms with Crippen molar-refractivity contribution in [1.29, 1.82) is 0 Å². The molecule has 4 heterocycles. The van der Waals surface area contributed by atoms with Gasteiger partial charge in [-0.15, -0.1) is 0 Å². The third-order valence-corrected chi connectivity index (χ3v) is 7.32. The number of nitrogens with zero attached hydrogens (tertiary/aromatic N) is 3. The maximum atomic E-state index is 13.2. The van der Waals surface area contributed by atoms with Gasteiger partial charge in [0.05, 0.1) is 16.9 Å². The molecule has 1 amide bonds. The maximum Gasteiger partial charge on any atom is 0.254 e. The molecule has 34 heavy (non-hydrogen) atoms. The number of amides is 1. The van der Waals surface area contributed by atoms with Gasteiger partial charge >= 0.3 is 0 Å². The zero-order valence-electron chi connectivity index (χ0n) is 18.5. The third-order valence-electron chi connectivity index (χ3n) is 7.05. The summed E-state index contributed by atoms with van der Waals surface area (Å²) >= 11 is 6.49. The van der Waals surface area contributed by atoms with Crippen LogP contribution in [0.5, 0.6) is 0 Å². The largest absolute Gasteiger partial charge is 0.399 e. The zero-order chi connectivity index (χ0) is 23.2. The number of H-pyrrole nitrogens is 1. The minimum absolute atomic E-state index is 0.0929. The van der Waals surface area contributed by atoms with Crippen LogP contribution in [0.15, 0.2) is 60.9 Å². The summed E-state index contributed by atoms with van der Waals surface area (Å²) in [6.07, 6.45) is 7.36. The van der Waals surface area contributed by atoms with Crippen LogP contribution in [0, 0.1) is 0 Å². The van der Waals surface area contributed by atoms with Crippen LogP contribution in [-0.4, -0.2) is 43.9 Å². The lowest BCUT2D eigenvalue weighted by Gasteiger charge is -2.39. The highest BCUT2D eigenvalue weighted by Gasteiger charge is 2.43. The number of rotatable bonds is 4. The lowest BCUT2D eigenvalue weighted by Crippen LogP contribution is -2.49. The van der Waals surface area contributed by atoms with Gasteiger partial charge in [-0.05, 0) is 56.0 Å². The number of aromatic amines is 1. The summed E-state index contributed by atoms with van der Waals surface area (Å²) in [6.45, 7) is 0. The molecule has 2 aliphatic rings. The monoisotopic (exact) mass is 472 g/mol. The predicted octanol–water partition coefficient (Wildman–Crippen LogP) is 5.11. The van der Waals surface area contributed by atoms with Crippen molar-refractivity contribution in [2.24, 2.45) is 0 Å². The minimum atomic E-state index is 0.0929. The Morgan fingerprint density at radius 1 is 1.09 bits per heavy atom. The Morgan fingerprint density at radius 3 is 2.59 bits per heavy atom. The standard InChI is InChI=1S/C26H25ClN6O/c27-22-14-30-26(32-24(22)21-13-29-23-4-2-1-3-20(21)23)31-17-11-18-9-10-19(12-17)33(18)25(34)15-5-7-16(28)8-6-15/h1-8,13-14,17-19,29H,9-12,28H2,(H,30,31,32)/t17?,18-,19+. The number of halogens is 1. The van der Waals surface area contributed by atoms with Gasteiger partial charge in [0.25, 0.3) is 5.91 Å². The molecular formula is C26H25ClN6O. The van der Waals surface area contributed by atoms with E-state index in [9.17, 15) is 4.79 Å². The molecule has 8 heteroatoms. The van der Waals surface area contributed by atoms with Crippen LogP contribution in [-0.2, 0) is 0 Å². The topological polar surface area (TPSA) is 99.9 Å². The first-order chi connectivity index (χ1) is 16.6. The highest BCUT2D eigenvalue weighted by Crippen LogP contribution is 2.38. The van der Waals surface area contributed by atoms with Crippen molar-refractivity contribution in [2.75, 3.05) is 11.1 Å². The number of hydrogen-bond acceptors (Lipinski definition) is 5. The SMILES string of the molecule is Nc1ccc(C(=O)N2[C@@H]3CC[C@H]2CC(Nc2ncc(Cl)c(-c4c[nH]c5ccccc45)n2)C3)cc1. The van der Waals surface area contributed by atoms with Crippen LogP contribution in [0.2, 0.25) is 5.02 Å². The summed E-state index contributed by atoms with van der Waals surface area (Å²) in [5.41, 5.74) is 9.84. The number of fused-ring (bicyclic) bond motifs is 3. The zero-order valence-corrected chi connectivity index (χ0v) is 19.3. The molecule has 4 N–H and O–H groups in total. The molecule has 0 radical (unpaired) electrons. The third kappa shape index (κ3) is 3.66. The van der Waals surface area contributed by atoms with E-state index in [2.05, 4.69) is 26.3 Å². The number of aromatic nitrogens is 3. The fraction of sp³-hybridized carbons (Fsp3) is 0.269. The Labute approximate surface area is 202 Å². The van der Waals surface area contributed by atoms with E-state index in [-0.39, 0.29) is 24.0 Å². The molecule has 2 bridgehead atoms. The van der Waals surface area contributed by atoms with Gasteiger partial charge < -0.3 is 20.9 Å². The number of carbonyl (C=O) groups excluding carboxylic acids is 1. The highest BCUT2D eigenvalue weighted by atomic mass is 35.5. The van der Waals surface area contributed by atoms with Crippen molar-refractivity contribution >= 4 is 40.0 Å². The second-order valence-corrected chi connectivity index (χ2v) is 9.58. The van der Waals surface area contributed by atoms with Gasteiger partial charge in [0, 0.05) is 52.0 Å². The molecule has 0 saturated carbocycles. The minimum Gasteiger partial charge on any atom is -0.399 e. The molecular weight excluding hydrogens is 448 g/mol. The predicted molar refractivity (Wildman–Crippen MR) is 135 cm³/mol. The van der Waals surface area contributed by atoms with Crippen molar-refractivity contribution in [2.45, 2.75) is 43.8 Å². The van der Waals surface area contributed by atoms with Crippen molar-refractivity contribution in [3.63, 3.8) is 0 Å². The number of nitrogens with two attached hydrogens (primary N) is 1. The molecule has 3 atom stereocenters. The van der Waals surface area contributed by atoms with Gasteiger partial charge in [0.2, 0.25) is 5.95 Å². The number of benzene rings is 2. The van der Waals surface area contributed by atoms with Gasteiger partial charge in [-0.3, -0.25) is 4.79 Å². The van der Waals surface area contributed by atoms with Gasteiger partial charge in [0.15, 0.2) is 0 Å². The highest BCUT2D eigenvalue weighted by molar-refractivity contribution is 6.33. The van der Waals surface area contributed by atoms with Crippen LogP contribution < -0.4 is 11.1 Å². The second kappa shape index (κ2) is 8.33. The molecule has 7 nitrogen and oxygen atoms in total. The average molecular weight is 473 g/mol. The normalized spacial score (nSPS) is 21.7. The number of para-hydroxylation sites is 1. The Bertz CT molecular complexity index is 1350. The van der Waals surface area contributed by atoms with E-state index in [0.29, 0.717) is 27.9 Å². The average Bonchev–Trinajstić information content (AvgIpc) is 3.39. The molecule has 2 aliphatic heterocycles. The van der Waals surface area contributed by atoms with Crippen molar-refractivity contribution in [3.8, 4) is 11.3 Å². The Morgan fingerprint density at radius 2 is 1.82 bits per heavy atom. The van der Waals surface area contributed by atoms with E-state index in [0.717, 1.165) is 42.1 Å². The molecule has 4 aromatic rings. The number of nitrogens with one attached hydrogen (secondary N) is 2. The number of anilines is 2. The molecule has 2 aromatic heterocycles. The summed E-state index contributed by atoms with van der Waals surface area (Å²) < 4.78 is 0. The van der Waals surface area contributed by atoms with E-state index >= 15 is 0 Å². The number of piperidine rings is 1. The molecule has 2 saturated heterocycles. The molecule has 6 rings (SSSR count). The molecule has 2 aromatic carbocycles. The summed E-state index contributed by atoms with van der Waals surface area (Å²) in [6, 6.07) is 15.9. The maximum absolute atomic E-state index is 13.2. The summed E-state index contributed by atoms with van der Waals surface area (Å²) in [5.74, 6) is 0.655. The number of hydrogen-bond donors (Lipinski definition) is 3. The van der Waals surface area contributed by atoms with E-state index in [1.54, 1.807) is 18.3 Å². The van der Waals surface area contributed by atoms with Crippen LogP contribution >= 0.6 is 11.6 Å². The number of carbonyl (C=O) groups is 1. The molecule has 2 fully saturated rings. The van der Waals surface area contributed by atoms with Gasteiger partial charge in [-0.25, -0.2) is 9.97 Å². The van der Waals surface area contributed by atoms with Crippen LogP contribution in [0.25, 0.3) is 22.2 Å². The van der Waals surface area contributed by atoms with E-state index in [1.807, 2.05) is 36.5 Å². The lowest BCUT2D eigenvalue weighted by atomic mass is 9.96. The summed E-state index contributed by atoms with van der Waals surface area (Å²) in [5, 5.41) is 5.10. The second-order valence-electron chi connectivity index (χ2n) is 9.17. The first kappa shape index (κ1) is 21.0. The summed E-state index contributed by atoms with van der Waals surface area (Å²) in [4.78, 5) is 27.8. The fourth-order valence-corrected chi connectivity index (χ4v) is 5.67. The van der Waals surface area contributed by atoms with Crippen molar-refractivity contribution in [1.82, 2.24) is 19.9 Å². The fourth-order valence-electron chi connectivity index (χ4n) is 5.48. The molecule has 0 spiro atoms. The lowest BCUT2D eigenvalue weighted by molar-refractivity contribution is 0.0583. The first-order valence-electron chi connectivity index (χ1n) is 11.6.